The molecule has 8 nitrogen and oxygen atoms in total. The quantitative estimate of drug-likeness (QED) is 0.650. The Kier molecular flexibility index (Phi) is 4.27. The van der Waals surface area contributed by atoms with Crippen molar-refractivity contribution in [3.05, 3.63) is 66.1 Å². The molecule has 1 aromatic carbocycles. The third-order valence-electron chi connectivity index (χ3n) is 5.99. The Hall–Kier alpha value is -3.68. The maximum Gasteiger partial charge on any atom is 0.339 e. The lowest BCUT2D eigenvalue weighted by Crippen LogP contribution is -2.36. The zero-order valence-electron chi connectivity index (χ0n) is 16.2. The van der Waals surface area contributed by atoms with E-state index in [1.807, 2.05) is 30.3 Å². The van der Waals surface area contributed by atoms with Crippen molar-refractivity contribution in [3.8, 4) is 5.69 Å². The highest BCUT2D eigenvalue weighted by atomic mass is 16.6. The fourth-order valence-electron chi connectivity index (χ4n) is 4.36. The van der Waals surface area contributed by atoms with Crippen LogP contribution in [0.15, 0.2) is 55.0 Å². The molecule has 0 radical (unpaired) electrons. The van der Waals surface area contributed by atoms with E-state index >= 15 is 0 Å². The van der Waals surface area contributed by atoms with E-state index in [4.69, 9.17) is 10.5 Å². The summed E-state index contributed by atoms with van der Waals surface area (Å²) in [6.45, 7) is 0. The van der Waals surface area contributed by atoms with Crippen LogP contribution in [0.2, 0.25) is 0 Å². The van der Waals surface area contributed by atoms with Crippen molar-refractivity contribution < 1.29 is 14.3 Å². The number of esters is 1. The van der Waals surface area contributed by atoms with E-state index in [2.05, 4.69) is 15.4 Å². The molecule has 8 heteroatoms. The van der Waals surface area contributed by atoms with Crippen molar-refractivity contribution in [3.63, 3.8) is 0 Å². The third kappa shape index (κ3) is 3.01. The molecule has 1 fully saturated rings. The van der Waals surface area contributed by atoms with Crippen LogP contribution < -0.4 is 11.1 Å². The SMILES string of the molecule is Nc1cn(-c2ccccc2)nc1NC(=O)C1CCC2(CC1)OC(=O)c1ccncc12. The average molecular weight is 403 g/mol. The summed E-state index contributed by atoms with van der Waals surface area (Å²) in [5, 5.41) is 7.27. The van der Waals surface area contributed by atoms with E-state index in [-0.39, 0.29) is 17.8 Å². The highest BCUT2D eigenvalue weighted by molar-refractivity contribution is 5.95. The predicted molar refractivity (Wildman–Crippen MR) is 110 cm³/mol. The van der Waals surface area contributed by atoms with Gasteiger partial charge in [-0.25, -0.2) is 9.48 Å². The maximum absolute atomic E-state index is 12.8. The van der Waals surface area contributed by atoms with E-state index in [9.17, 15) is 9.59 Å². The van der Waals surface area contributed by atoms with Crippen LogP contribution in [0.3, 0.4) is 0 Å². The van der Waals surface area contributed by atoms with Crippen molar-refractivity contribution in [2.75, 3.05) is 11.1 Å². The smallest absolute Gasteiger partial charge is 0.339 e. The first-order valence-electron chi connectivity index (χ1n) is 9.95. The third-order valence-corrected chi connectivity index (χ3v) is 5.99. The largest absolute Gasteiger partial charge is 0.450 e. The van der Waals surface area contributed by atoms with Crippen molar-refractivity contribution >= 4 is 23.4 Å². The average Bonchev–Trinajstić information content (AvgIpc) is 3.27. The minimum atomic E-state index is -0.661. The fourth-order valence-corrected chi connectivity index (χ4v) is 4.36. The number of aromatic nitrogens is 3. The molecular formula is C22H21N5O3. The van der Waals surface area contributed by atoms with Gasteiger partial charge in [0.25, 0.3) is 0 Å². The van der Waals surface area contributed by atoms with Gasteiger partial charge in [-0.1, -0.05) is 18.2 Å². The van der Waals surface area contributed by atoms with Crippen LogP contribution in [0.25, 0.3) is 5.69 Å². The number of anilines is 2. The highest BCUT2D eigenvalue weighted by Crippen LogP contribution is 2.47. The molecule has 3 aromatic rings. The normalized spacial score (nSPS) is 22.5. The van der Waals surface area contributed by atoms with Crippen LogP contribution in [0, 0.1) is 5.92 Å². The van der Waals surface area contributed by atoms with Gasteiger partial charge < -0.3 is 15.8 Å². The number of fused-ring (bicyclic) bond motifs is 2. The molecule has 1 amide bonds. The van der Waals surface area contributed by atoms with Gasteiger partial charge >= 0.3 is 5.97 Å². The van der Waals surface area contributed by atoms with Gasteiger partial charge in [-0.3, -0.25) is 9.78 Å². The summed E-state index contributed by atoms with van der Waals surface area (Å²) in [6, 6.07) is 11.3. The number of benzene rings is 1. The summed E-state index contributed by atoms with van der Waals surface area (Å²) in [6.07, 6.45) is 7.36. The number of nitrogens with zero attached hydrogens (tertiary/aromatic N) is 3. The number of carbonyl (C=O) groups is 2. The Morgan fingerprint density at radius 1 is 1.20 bits per heavy atom. The second-order valence-corrected chi connectivity index (χ2v) is 7.78. The van der Waals surface area contributed by atoms with E-state index in [0.29, 0.717) is 42.8 Å². The summed E-state index contributed by atoms with van der Waals surface area (Å²) in [7, 11) is 0. The molecule has 1 saturated carbocycles. The van der Waals surface area contributed by atoms with Gasteiger partial charge in [-0.2, -0.15) is 0 Å². The van der Waals surface area contributed by atoms with Crippen molar-refractivity contribution in [2.24, 2.45) is 5.92 Å². The van der Waals surface area contributed by atoms with E-state index in [1.54, 1.807) is 29.3 Å². The predicted octanol–water partition coefficient (Wildman–Crippen LogP) is 3.04. The number of ether oxygens (including phenoxy) is 1. The van der Waals surface area contributed by atoms with Gasteiger partial charge in [0.15, 0.2) is 5.82 Å². The number of nitrogens with one attached hydrogen (secondary N) is 1. The van der Waals surface area contributed by atoms with Gasteiger partial charge in [-0.15, -0.1) is 5.10 Å². The minimum absolute atomic E-state index is 0.120. The number of nitrogen functional groups attached to an aromatic ring is 1. The number of hydrogen-bond donors (Lipinski definition) is 2. The first-order chi connectivity index (χ1) is 14.6. The summed E-state index contributed by atoms with van der Waals surface area (Å²) >= 11 is 0. The summed E-state index contributed by atoms with van der Waals surface area (Å²) in [5.74, 6) is -0.276. The molecule has 1 aliphatic carbocycles. The van der Waals surface area contributed by atoms with Crippen LogP contribution in [-0.4, -0.2) is 26.6 Å². The van der Waals surface area contributed by atoms with Gasteiger partial charge in [0.1, 0.15) is 5.60 Å². The zero-order valence-corrected chi connectivity index (χ0v) is 16.2. The second kappa shape index (κ2) is 6.98. The molecule has 0 bridgehead atoms. The summed E-state index contributed by atoms with van der Waals surface area (Å²) in [5.41, 5.74) is 8.07. The number of rotatable bonds is 3. The van der Waals surface area contributed by atoms with Gasteiger partial charge in [-0.05, 0) is 43.9 Å². The number of hydrogen-bond acceptors (Lipinski definition) is 6. The number of nitrogens with two attached hydrogens (primary N) is 1. The zero-order chi connectivity index (χ0) is 20.7. The molecule has 0 atom stereocenters. The topological polar surface area (TPSA) is 112 Å². The standard InChI is InChI=1S/C22H21N5O3/c23-18-13-27(15-4-2-1-3-5-15)26-19(18)25-20(28)14-6-9-22(10-7-14)17-12-24-11-8-16(17)21(29)30-22/h1-5,8,11-14H,6-7,9-10,23H2,(H,25,26,28). The van der Waals surface area contributed by atoms with Crippen molar-refractivity contribution in [1.82, 2.24) is 14.8 Å². The lowest BCUT2D eigenvalue weighted by Gasteiger charge is -2.35. The van der Waals surface area contributed by atoms with Crippen molar-refractivity contribution in [2.45, 2.75) is 31.3 Å². The number of carbonyl (C=O) groups excluding carboxylic acids is 2. The van der Waals surface area contributed by atoms with Crippen molar-refractivity contribution in [1.29, 1.82) is 0 Å². The number of pyridine rings is 1. The molecular weight excluding hydrogens is 382 g/mol. The molecule has 2 aromatic heterocycles. The van der Waals surface area contributed by atoms with E-state index in [0.717, 1.165) is 11.3 Å². The van der Waals surface area contributed by atoms with Crippen LogP contribution >= 0.6 is 0 Å². The monoisotopic (exact) mass is 403 g/mol. The number of para-hydroxylation sites is 1. The van der Waals surface area contributed by atoms with Crippen LogP contribution in [-0.2, 0) is 15.1 Å². The van der Waals surface area contributed by atoms with E-state index < -0.39 is 5.60 Å². The Labute approximate surface area is 173 Å². The lowest BCUT2D eigenvalue weighted by atomic mass is 9.75. The molecule has 30 heavy (non-hydrogen) atoms. The van der Waals surface area contributed by atoms with Gasteiger partial charge in [0.2, 0.25) is 5.91 Å². The maximum atomic E-state index is 12.8. The summed E-state index contributed by atoms with van der Waals surface area (Å²) < 4.78 is 7.37. The Morgan fingerprint density at radius 3 is 2.73 bits per heavy atom. The molecule has 2 aliphatic rings. The molecule has 1 aliphatic heterocycles. The molecule has 0 saturated heterocycles. The number of amides is 1. The first kappa shape index (κ1) is 18.4. The second-order valence-electron chi connectivity index (χ2n) is 7.78. The van der Waals surface area contributed by atoms with Crippen LogP contribution in [0.1, 0.15) is 41.6 Å². The molecule has 0 unspecified atom stereocenters. The molecule has 3 N–H and O–H groups in total. The molecule has 152 valence electrons. The highest BCUT2D eigenvalue weighted by Gasteiger charge is 2.48. The summed E-state index contributed by atoms with van der Waals surface area (Å²) in [4.78, 5) is 29.2. The molecule has 1 spiro atoms. The van der Waals surface area contributed by atoms with E-state index in [1.165, 1.54) is 0 Å². The van der Waals surface area contributed by atoms with Crippen LogP contribution in [0.5, 0.6) is 0 Å². The molecule has 5 rings (SSSR count). The lowest BCUT2D eigenvalue weighted by molar-refractivity contribution is -0.122. The Bertz CT molecular complexity index is 1120. The fraction of sp³-hybridized carbons (Fsp3) is 0.273. The van der Waals surface area contributed by atoms with Crippen LogP contribution in [0.4, 0.5) is 11.5 Å². The minimum Gasteiger partial charge on any atom is -0.450 e. The molecule has 3 heterocycles. The van der Waals surface area contributed by atoms with Gasteiger partial charge in [0.05, 0.1) is 23.1 Å². The first-order valence-corrected chi connectivity index (χ1v) is 9.95. The Morgan fingerprint density at radius 2 is 1.97 bits per heavy atom. The van der Waals surface area contributed by atoms with Gasteiger partial charge in [0, 0.05) is 23.9 Å². The Balaban J connectivity index is 1.27.